The fourth-order valence-corrected chi connectivity index (χ4v) is 4.26. The smallest absolute Gasteiger partial charge is 0.260 e. The van der Waals surface area contributed by atoms with Gasteiger partial charge in [-0.25, -0.2) is 0 Å². The van der Waals surface area contributed by atoms with Gasteiger partial charge in [-0.05, 0) is 54.8 Å². The van der Waals surface area contributed by atoms with E-state index < -0.39 is 0 Å². The number of ether oxygens (including phenoxy) is 2. The van der Waals surface area contributed by atoms with Crippen molar-refractivity contribution in [3.63, 3.8) is 0 Å². The van der Waals surface area contributed by atoms with Gasteiger partial charge in [-0.1, -0.05) is 46.7 Å². The van der Waals surface area contributed by atoms with E-state index in [0.717, 1.165) is 22.1 Å². The Bertz CT molecular complexity index is 986. The first kappa shape index (κ1) is 22.1. The predicted octanol–water partition coefficient (Wildman–Crippen LogP) is 4.91. The van der Waals surface area contributed by atoms with E-state index in [4.69, 9.17) is 14.7 Å². The molecule has 1 aliphatic heterocycles. The van der Waals surface area contributed by atoms with E-state index in [-0.39, 0.29) is 18.0 Å². The summed E-state index contributed by atoms with van der Waals surface area (Å²) in [7, 11) is 0. The van der Waals surface area contributed by atoms with Crippen LogP contribution in [0.3, 0.4) is 0 Å². The number of nitriles is 1. The van der Waals surface area contributed by atoms with Crippen LogP contribution in [0.5, 0.6) is 11.5 Å². The Morgan fingerprint density at radius 3 is 2.63 bits per heavy atom. The van der Waals surface area contributed by atoms with E-state index in [1.165, 1.54) is 17.3 Å². The van der Waals surface area contributed by atoms with Crippen molar-refractivity contribution in [2.45, 2.75) is 25.8 Å². The number of amides is 1. The molecule has 0 spiro atoms. The van der Waals surface area contributed by atoms with Gasteiger partial charge >= 0.3 is 0 Å². The zero-order valence-corrected chi connectivity index (χ0v) is 19.1. The van der Waals surface area contributed by atoms with Crippen molar-refractivity contribution < 1.29 is 14.3 Å². The summed E-state index contributed by atoms with van der Waals surface area (Å²) < 4.78 is 11.8. The van der Waals surface area contributed by atoms with Gasteiger partial charge in [0, 0.05) is 10.2 Å². The summed E-state index contributed by atoms with van der Waals surface area (Å²) in [5.74, 6) is 0.861. The highest BCUT2D eigenvalue weighted by molar-refractivity contribution is 9.10. The van der Waals surface area contributed by atoms with E-state index in [1.54, 1.807) is 12.1 Å². The van der Waals surface area contributed by atoms with Crippen LogP contribution in [-0.4, -0.2) is 24.6 Å². The third-order valence-electron chi connectivity index (χ3n) is 4.33. The maximum absolute atomic E-state index is 12.5. The Labute approximate surface area is 188 Å². The summed E-state index contributed by atoms with van der Waals surface area (Å²) in [6.45, 7) is 4.37. The van der Waals surface area contributed by atoms with Gasteiger partial charge in [0.05, 0.1) is 11.5 Å². The molecule has 8 heteroatoms. The number of nitrogens with one attached hydrogen (secondary N) is 2. The molecule has 0 aliphatic carbocycles. The van der Waals surface area contributed by atoms with Crippen LogP contribution in [0.2, 0.25) is 0 Å². The number of rotatable bonds is 8. The van der Waals surface area contributed by atoms with Crippen molar-refractivity contribution in [2.75, 3.05) is 18.5 Å². The van der Waals surface area contributed by atoms with Crippen molar-refractivity contribution in [1.29, 1.82) is 5.26 Å². The third kappa shape index (κ3) is 5.49. The van der Waals surface area contributed by atoms with E-state index >= 15 is 0 Å². The second kappa shape index (κ2) is 10.4. The molecule has 0 unspecified atom stereocenters. The third-order valence-corrected chi connectivity index (χ3v) is 6.05. The number of carbonyl (C=O) groups excluding carboxylic acids is 1. The summed E-state index contributed by atoms with van der Waals surface area (Å²) in [4.78, 5) is 13.1. The van der Waals surface area contributed by atoms with Gasteiger partial charge in [0.15, 0.2) is 23.6 Å². The van der Waals surface area contributed by atoms with Crippen LogP contribution < -0.4 is 20.1 Å². The topological polar surface area (TPSA) is 83.4 Å². The van der Waals surface area contributed by atoms with E-state index in [2.05, 4.69) is 45.6 Å². The first-order valence-corrected chi connectivity index (χ1v) is 11.2. The lowest BCUT2D eigenvalue weighted by Crippen LogP contribution is -2.30. The minimum absolute atomic E-state index is 0.0716. The molecule has 2 aromatic carbocycles. The monoisotopic (exact) mass is 487 g/mol. The fourth-order valence-electron chi connectivity index (χ4n) is 2.85. The highest BCUT2D eigenvalue weighted by atomic mass is 79.9. The summed E-state index contributed by atoms with van der Waals surface area (Å²) in [5.41, 5.74) is 2.75. The number of aryl methyl sites for hydroxylation is 1. The number of carbonyl (C=O) groups is 1. The van der Waals surface area contributed by atoms with Gasteiger partial charge < -0.3 is 20.1 Å². The Hall–Kier alpha value is -2.63. The van der Waals surface area contributed by atoms with Crippen molar-refractivity contribution >= 4 is 45.4 Å². The lowest BCUT2D eigenvalue weighted by atomic mass is 10.1. The summed E-state index contributed by atoms with van der Waals surface area (Å²) >= 11 is 4.93. The lowest BCUT2D eigenvalue weighted by molar-refractivity contribution is -0.116. The molecule has 0 saturated carbocycles. The van der Waals surface area contributed by atoms with Crippen LogP contribution in [0.25, 0.3) is 6.08 Å². The number of nitrogens with zero attached hydrogens (tertiary/aromatic N) is 1. The Morgan fingerprint density at radius 1 is 1.23 bits per heavy atom. The first-order chi connectivity index (χ1) is 14.5. The molecule has 30 heavy (non-hydrogen) atoms. The molecule has 1 amide bonds. The summed E-state index contributed by atoms with van der Waals surface area (Å²) in [6.07, 6.45) is 2.80. The number of anilines is 1. The first-order valence-electron chi connectivity index (χ1n) is 9.54. The van der Waals surface area contributed by atoms with Crippen molar-refractivity contribution in [3.05, 3.63) is 56.9 Å². The fraction of sp³-hybridized carbons (Fsp3) is 0.273. The number of benzene rings is 2. The van der Waals surface area contributed by atoms with Crippen LogP contribution in [0, 0.1) is 11.3 Å². The zero-order chi connectivity index (χ0) is 21.5. The molecule has 0 bridgehead atoms. The highest BCUT2D eigenvalue weighted by Gasteiger charge is 2.27. The predicted molar refractivity (Wildman–Crippen MR) is 123 cm³/mol. The molecule has 2 aromatic rings. The van der Waals surface area contributed by atoms with Gasteiger partial charge in [0.2, 0.25) is 0 Å². The molecular formula is C22H22BrN3O3S. The number of thioether (sulfide) groups is 1. The van der Waals surface area contributed by atoms with Gasteiger partial charge in [0.25, 0.3) is 5.91 Å². The second-order valence-electron chi connectivity index (χ2n) is 6.38. The van der Waals surface area contributed by atoms with E-state index in [0.29, 0.717) is 23.0 Å². The average molecular weight is 488 g/mol. The van der Waals surface area contributed by atoms with Crippen LogP contribution in [0.15, 0.2) is 45.8 Å². The molecule has 1 heterocycles. The molecule has 1 atom stereocenters. The molecule has 0 radical (unpaired) electrons. The normalized spacial score (nSPS) is 16.8. The molecule has 156 valence electrons. The number of hydrogen-bond donors (Lipinski definition) is 2. The maximum atomic E-state index is 12.5. The minimum Gasteiger partial charge on any atom is -0.490 e. The zero-order valence-electron chi connectivity index (χ0n) is 16.7. The molecule has 1 saturated heterocycles. The van der Waals surface area contributed by atoms with E-state index in [1.807, 2.05) is 31.2 Å². The number of hydrogen-bond acceptors (Lipinski definition) is 6. The molecule has 0 aromatic heterocycles. The maximum Gasteiger partial charge on any atom is 0.260 e. The average Bonchev–Trinajstić information content (AvgIpc) is 3.08. The SMILES string of the molecule is CCOc1cc(/C=C2\S[C@H](Nc3ccc(CC)cc3)NC2=O)c(Br)cc1OCC#N. The standard InChI is InChI=1S/C22H22BrN3O3S/c1-3-14-5-7-16(8-6-14)25-22-26-21(27)20(30-22)12-15-11-18(28-4-2)19(13-17(15)23)29-10-9-24/h5-8,11-13,22,25H,3-4,10H2,1-2H3,(H,26,27)/b20-12-/t22-/m1/s1. The molecule has 6 nitrogen and oxygen atoms in total. The number of halogens is 1. The molecule has 3 rings (SSSR count). The van der Waals surface area contributed by atoms with Crippen molar-refractivity contribution in [2.24, 2.45) is 0 Å². The molecular weight excluding hydrogens is 466 g/mol. The Kier molecular flexibility index (Phi) is 7.66. The van der Waals surface area contributed by atoms with Crippen LogP contribution >= 0.6 is 27.7 Å². The van der Waals surface area contributed by atoms with Gasteiger partial charge in [-0.3, -0.25) is 4.79 Å². The molecule has 2 N–H and O–H groups in total. The minimum atomic E-state index is -0.250. The summed E-state index contributed by atoms with van der Waals surface area (Å²) in [5, 5.41) is 15.0. The quantitative estimate of drug-likeness (QED) is 0.514. The van der Waals surface area contributed by atoms with Gasteiger partial charge in [-0.15, -0.1) is 0 Å². The Morgan fingerprint density at radius 2 is 1.97 bits per heavy atom. The van der Waals surface area contributed by atoms with Crippen molar-refractivity contribution in [1.82, 2.24) is 5.32 Å². The van der Waals surface area contributed by atoms with E-state index in [9.17, 15) is 4.79 Å². The second-order valence-corrected chi connectivity index (χ2v) is 8.38. The summed E-state index contributed by atoms with van der Waals surface area (Å²) in [6, 6.07) is 13.7. The Balaban J connectivity index is 1.77. The van der Waals surface area contributed by atoms with Crippen LogP contribution in [0.4, 0.5) is 5.69 Å². The molecule has 1 fully saturated rings. The van der Waals surface area contributed by atoms with Crippen molar-refractivity contribution in [3.8, 4) is 17.6 Å². The van der Waals surface area contributed by atoms with Gasteiger partial charge in [-0.2, -0.15) is 5.26 Å². The van der Waals surface area contributed by atoms with Crippen LogP contribution in [0.1, 0.15) is 25.0 Å². The highest BCUT2D eigenvalue weighted by Crippen LogP contribution is 2.37. The molecule has 1 aliphatic rings. The largest absolute Gasteiger partial charge is 0.490 e. The lowest BCUT2D eigenvalue weighted by Gasteiger charge is -2.13. The van der Waals surface area contributed by atoms with Crippen LogP contribution in [-0.2, 0) is 11.2 Å². The van der Waals surface area contributed by atoms with Gasteiger partial charge in [0.1, 0.15) is 6.07 Å².